The third-order valence-electron chi connectivity index (χ3n) is 4.89. The summed E-state index contributed by atoms with van der Waals surface area (Å²) in [6, 6.07) is 16.3. The molecular weight excluding hydrogens is 508 g/mol. The number of carbonyl (C=O) groups excluding carboxylic acids is 2. The Hall–Kier alpha value is -2.51. The Balaban J connectivity index is 1.56. The van der Waals surface area contributed by atoms with Crippen LogP contribution in [0.1, 0.15) is 16.7 Å². The molecule has 0 radical (unpaired) electrons. The van der Waals surface area contributed by atoms with Gasteiger partial charge in [0.2, 0.25) is 0 Å². The lowest BCUT2D eigenvalue weighted by Crippen LogP contribution is -2.27. The largest absolute Gasteiger partial charge is 0.488 e. The number of rotatable bonds is 6. The Morgan fingerprint density at radius 1 is 0.879 bits per heavy atom. The van der Waals surface area contributed by atoms with Gasteiger partial charge in [-0.05, 0) is 48.2 Å². The monoisotopic (exact) mass is 521 g/mol. The molecule has 0 unspecified atom stereocenters. The third-order valence-corrected chi connectivity index (χ3v) is 6.86. The van der Waals surface area contributed by atoms with E-state index < -0.39 is 17.0 Å². The molecule has 1 heterocycles. The third kappa shape index (κ3) is 5.20. The first-order valence-electron chi connectivity index (χ1n) is 9.68. The minimum Gasteiger partial charge on any atom is -0.488 e. The number of nitrogens with zero attached hydrogens (tertiary/aromatic N) is 1. The van der Waals surface area contributed by atoms with Crippen LogP contribution in [-0.4, -0.2) is 16.0 Å². The fourth-order valence-corrected chi connectivity index (χ4v) is 4.73. The van der Waals surface area contributed by atoms with Crippen molar-refractivity contribution in [3.8, 4) is 5.75 Å². The van der Waals surface area contributed by atoms with E-state index in [1.165, 1.54) is 12.1 Å². The Morgan fingerprint density at radius 2 is 1.52 bits per heavy atom. The molecule has 0 spiro atoms. The summed E-state index contributed by atoms with van der Waals surface area (Å²) >= 11 is 19.3. The van der Waals surface area contributed by atoms with Crippen molar-refractivity contribution in [2.24, 2.45) is 0 Å². The van der Waals surface area contributed by atoms with Crippen LogP contribution in [0.5, 0.6) is 5.75 Å². The fourth-order valence-electron chi connectivity index (χ4n) is 3.17. The number of ether oxygens (including phenoxy) is 1. The molecule has 3 aromatic rings. The molecule has 9 heteroatoms. The van der Waals surface area contributed by atoms with Crippen LogP contribution in [0.2, 0.25) is 15.1 Å². The van der Waals surface area contributed by atoms with Crippen LogP contribution in [0.4, 0.5) is 9.18 Å². The van der Waals surface area contributed by atoms with Crippen molar-refractivity contribution in [3.05, 3.63) is 103 Å². The van der Waals surface area contributed by atoms with Gasteiger partial charge in [-0.25, -0.2) is 4.39 Å². The van der Waals surface area contributed by atoms with Crippen LogP contribution < -0.4 is 4.74 Å². The summed E-state index contributed by atoms with van der Waals surface area (Å²) in [5.74, 6) is -0.523. The van der Waals surface area contributed by atoms with Crippen LogP contribution in [0.25, 0.3) is 6.08 Å². The molecule has 168 valence electrons. The number of thioether (sulfide) groups is 1. The topological polar surface area (TPSA) is 46.6 Å². The minimum atomic E-state index is -0.473. The average Bonchev–Trinajstić information content (AvgIpc) is 3.04. The maximum Gasteiger partial charge on any atom is 0.293 e. The molecule has 4 nitrogen and oxygen atoms in total. The predicted octanol–water partition coefficient (Wildman–Crippen LogP) is 7.60. The second-order valence-corrected chi connectivity index (χ2v) is 9.21. The molecular formula is C24H15Cl3FNO3S. The van der Waals surface area contributed by atoms with Crippen LogP contribution in [0.3, 0.4) is 0 Å². The number of benzene rings is 3. The Kier molecular flexibility index (Phi) is 7.29. The van der Waals surface area contributed by atoms with Crippen LogP contribution >= 0.6 is 46.6 Å². The first kappa shape index (κ1) is 23.6. The van der Waals surface area contributed by atoms with Crippen molar-refractivity contribution in [1.29, 1.82) is 0 Å². The van der Waals surface area contributed by atoms with Crippen LogP contribution in [0, 0.1) is 5.82 Å². The molecule has 2 amide bonds. The van der Waals surface area contributed by atoms with Crippen LogP contribution in [-0.2, 0) is 17.9 Å². The summed E-state index contributed by atoms with van der Waals surface area (Å²) in [7, 11) is 0. The van der Waals surface area contributed by atoms with Gasteiger partial charge in [-0.1, -0.05) is 65.1 Å². The van der Waals surface area contributed by atoms with Gasteiger partial charge in [0.25, 0.3) is 11.1 Å². The van der Waals surface area contributed by atoms with Crippen molar-refractivity contribution in [3.63, 3.8) is 0 Å². The normalized spacial score (nSPS) is 14.9. The Labute approximate surface area is 208 Å². The van der Waals surface area contributed by atoms with Gasteiger partial charge in [-0.2, -0.15) is 0 Å². The van der Waals surface area contributed by atoms with Gasteiger partial charge >= 0.3 is 0 Å². The van der Waals surface area contributed by atoms with Gasteiger partial charge in [0, 0.05) is 26.7 Å². The van der Waals surface area contributed by atoms with Crippen molar-refractivity contribution < 1.29 is 18.7 Å². The van der Waals surface area contributed by atoms with Gasteiger partial charge in [0.1, 0.15) is 18.2 Å². The van der Waals surface area contributed by atoms with Crippen molar-refractivity contribution in [1.82, 2.24) is 4.90 Å². The van der Waals surface area contributed by atoms with E-state index in [9.17, 15) is 14.0 Å². The molecule has 0 aromatic heterocycles. The lowest BCUT2D eigenvalue weighted by molar-refractivity contribution is -0.123. The quantitative estimate of drug-likeness (QED) is 0.313. The lowest BCUT2D eigenvalue weighted by Gasteiger charge is -2.15. The SMILES string of the molecule is O=C1S/C(=C\c2ccccc2OCc2c(F)cccc2Cl)C(=O)N1Cc1c(Cl)cccc1Cl. The van der Waals surface area contributed by atoms with E-state index >= 15 is 0 Å². The number of hydrogen-bond donors (Lipinski definition) is 0. The van der Waals surface area contributed by atoms with Crippen LogP contribution in [0.15, 0.2) is 65.6 Å². The van der Waals surface area contributed by atoms with Gasteiger partial charge in [-0.15, -0.1) is 0 Å². The summed E-state index contributed by atoms with van der Waals surface area (Å²) in [5, 5.41) is 0.567. The summed E-state index contributed by atoms with van der Waals surface area (Å²) < 4.78 is 19.9. The summed E-state index contributed by atoms with van der Waals surface area (Å²) in [5.41, 5.74) is 1.28. The fraction of sp³-hybridized carbons (Fsp3) is 0.0833. The molecule has 3 aromatic carbocycles. The molecule has 1 fully saturated rings. The smallest absolute Gasteiger partial charge is 0.293 e. The molecule has 1 saturated heterocycles. The average molecular weight is 523 g/mol. The maximum atomic E-state index is 14.1. The summed E-state index contributed by atoms with van der Waals surface area (Å²) in [6.45, 7) is -0.132. The van der Waals surface area contributed by atoms with E-state index in [0.717, 1.165) is 16.7 Å². The van der Waals surface area contributed by atoms with Crippen molar-refractivity contribution >= 4 is 63.8 Å². The van der Waals surface area contributed by atoms with Gasteiger partial charge in [-0.3, -0.25) is 14.5 Å². The second-order valence-electron chi connectivity index (χ2n) is 6.99. The molecule has 1 aliphatic rings. The van der Waals surface area contributed by atoms with E-state index in [4.69, 9.17) is 39.5 Å². The highest BCUT2D eigenvalue weighted by Crippen LogP contribution is 2.37. The zero-order valence-corrected chi connectivity index (χ0v) is 19.9. The zero-order valence-electron chi connectivity index (χ0n) is 16.9. The Bertz CT molecular complexity index is 1240. The number of amides is 2. The number of para-hydroxylation sites is 1. The van der Waals surface area contributed by atoms with Gasteiger partial charge < -0.3 is 4.74 Å². The molecule has 0 N–H and O–H groups in total. The number of carbonyl (C=O) groups is 2. The molecule has 0 aliphatic carbocycles. The van der Waals surface area contributed by atoms with E-state index in [1.54, 1.807) is 54.6 Å². The summed E-state index contributed by atoms with van der Waals surface area (Å²) in [4.78, 5) is 26.8. The molecule has 1 aliphatic heterocycles. The maximum absolute atomic E-state index is 14.1. The van der Waals surface area contributed by atoms with E-state index in [1.807, 2.05) is 0 Å². The molecule has 0 saturated carbocycles. The molecule has 0 atom stereocenters. The second kappa shape index (κ2) is 10.2. The number of imide groups is 1. The number of hydrogen-bond acceptors (Lipinski definition) is 4. The first-order valence-corrected chi connectivity index (χ1v) is 11.6. The standard InChI is InChI=1S/C24H15Cl3FNO3S/c25-17-6-3-7-18(26)15(17)12-29-23(30)22(33-24(29)31)11-14-5-1-2-10-21(14)32-13-16-19(27)8-4-9-20(16)28/h1-11H,12-13H2/b22-11-. The Morgan fingerprint density at radius 3 is 2.21 bits per heavy atom. The predicted molar refractivity (Wildman–Crippen MR) is 130 cm³/mol. The molecule has 0 bridgehead atoms. The highest BCUT2D eigenvalue weighted by molar-refractivity contribution is 8.18. The van der Waals surface area contributed by atoms with Crippen molar-refractivity contribution in [2.75, 3.05) is 0 Å². The van der Waals surface area contributed by atoms with E-state index in [0.29, 0.717) is 26.9 Å². The van der Waals surface area contributed by atoms with Crippen molar-refractivity contribution in [2.45, 2.75) is 13.2 Å². The van der Waals surface area contributed by atoms with E-state index in [2.05, 4.69) is 0 Å². The van der Waals surface area contributed by atoms with E-state index in [-0.39, 0.29) is 28.6 Å². The highest BCUT2D eigenvalue weighted by Gasteiger charge is 2.36. The summed E-state index contributed by atoms with van der Waals surface area (Å²) in [6.07, 6.45) is 1.57. The van der Waals surface area contributed by atoms with Gasteiger partial charge in [0.05, 0.1) is 16.5 Å². The van der Waals surface area contributed by atoms with Gasteiger partial charge in [0.15, 0.2) is 0 Å². The molecule has 4 rings (SSSR count). The first-order chi connectivity index (χ1) is 15.8. The molecule has 33 heavy (non-hydrogen) atoms. The minimum absolute atomic E-state index is 0.0373. The zero-order chi connectivity index (χ0) is 23.5. The lowest BCUT2D eigenvalue weighted by atomic mass is 10.1. The number of halogens is 4. The highest BCUT2D eigenvalue weighted by atomic mass is 35.5.